The lowest BCUT2D eigenvalue weighted by atomic mass is 10.0. The molecule has 0 atom stereocenters. The molecule has 0 saturated carbocycles. The SMILES string of the molecule is CC.Cc1ccc(N2CCC(N(C)C)CC2)c(C)c1. The topological polar surface area (TPSA) is 6.48 Å². The van der Waals surface area contributed by atoms with Crippen molar-refractivity contribution in [1.82, 2.24) is 4.90 Å². The van der Waals surface area contributed by atoms with Crippen molar-refractivity contribution < 1.29 is 0 Å². The second-order valence-corrected chi connectivity index (χ2v) is 5.47. The molecule has 0 amide bonds. The van der Waals surface area contributed by atoms with Gasteiger partial charge in [0, 0.05) is 24.8 Å². The zero-order chi connectivity index (χ0) is 14.4. The molecular weight excluding hydrogens is 232 g/mol. The van der Waals surface area contributed by atoms with Gasteiger partial charge in [0.05, 0.1) is 0 Å². The van der Waals surface area contributed by atoms with E-state index in [1.54, 1.807) is 0 Å². The van der Waals surface area contributed by atoms with E-state index < -0.39 is 0 Å². The summed E-state index contributed by atoms with van der Waals surface area (Å²) in [7, 11) is 4.38. The van der Waals surface area contributed by atoms with Crippen molar-refractivity contribution in [2.75, 3.05) is 32.1 Å². The number of nitrogens with zero attached hydrogens (tertiary/aromatic N) is 2. The largest absolute Gasteiger partial charge is 0.371 e. The van der Waals surface area contributed by atoms with Crippen molar-refractivity contribution in [3.8, 4) is 0 Å². The van der Waals surface area contributed by atoms with Crippen LogP contribution < -0.4 is 4.90 Å². The summed E-state index contributed by atoms with van der Waals surface area (Å²) in [6.45, 7) is 10.8. The van der Waals surface area contributed by atoms with Crippen LogP contribution in [0.15, 0.2) is 18.2 Å². The van der Waals surface area contributed by atoms with Crippen LogP contribution in [-0.4, -0.2) is 38.1 Å². The summed E-state index contributed by atoms with van der Waals surface area (Å²) in [5, 5.41) is 0. The highest BCUT2D eigenvalue weighted by molar-refractivity contribution is 5.54. The Balaban J connectivity index is 0.000000861. The molecule has 0 aromatic heterocycles. The van der Waals surface area contributed by atoms with Crippen molar-refractivity contribution in [2.24, 2.45) is 0 Å². The Morgan fingerprint density at radius 3 is 2.11 bits per heavy atom. The molecule has 2 nitrogen and oxygen atoms in total. The van der Waals surface area contributed by atoms with E-state index in [0.29, 0.717) is 0 Å². The molecule has 1 heterocycles. The minimum Gasteiger partial charge on any atom is -0.371 e. The van der Waals surface area contributed by atoms with Gasteiger partial charge in [-0.1, -0.05) is 31.5 Å². The molecule has 0 spiro atoms. The number of hydrogen-bond donors (Lipinski definition) is 0. The third-order valence-corrected chi connectivity index (χ3v) is 3.89. The average molecular weight is 262 g/mol. The maximum Gasteiger partial charge on any atom is 0.0396 e. The van der Waals surface area contributed by atoms with Crippen molar-refractivity contribution >= 4 is 5.69 Å². The first-order valence-corrected chi connectivity index (χ1v) is 7.56. The number of benzene rings is 1. The lowest BCUT2D eigenvalue weighted by Crippen LogP contribution is -2.42. The zero-order valence-electron chi connectivity index (χ0n) is 13.5. The van der Waals surface area contributed by atoms with Gasteiger partial charge in [-0.3, -0.25) is 0 Å². The Kier molecular flexibility index (Phi) is 6.36. The monoisotopic (exact) mass is 262 g/mol. The second kappa shape index (κ2) is 7.54. The molecular formula is C17H30N2. The first-order valence-electron chi connectivity index (χ1n) is 7.56. The minimum atomic E-state index is 0.761. The van der Waals surface area contributed by atoms with Gasteiger partial charge in [0.1, 0.15) is 0 Å². The molecule has 2 rings (SSSR count). The van der Waals surface area contributed by atoms with Crippen LogP contribution in [0.1, 0.15) is 37.8 Å². The molecule has 0 N–H and O–H groups in total. The molecule has 0 radical (unpaired) electrons. The van der Waals surface area contributed by atoms with Crippen LogP contribution in [0, 0.1) is 13.8 Å². The maximum atomic E-state index is 2.54. The summed E-state index contributed by atoms with van der Waals surface area (Å²) in [5.41, 5.74) is 4.19. The first kappa shape index (κ1) is 16.0. The molecule has 1 aliphatic heterocycles. The van der Waals surface area contributed by atoms with Crippen molar-refractivity contribution in [3.63, 3.8) is 0 Å². The zero-order valence-corrected chi connectivity index (χ0v) is 13.5. The van der Waals surface area contributed by atoms with E-state index in [0.717, 1.165) is 6.04 Å². The van der Waals surface area contributed by atoms with Gasteiger partial charge in [-0.05, 0) is 52.4 Å². The van der Waals surface area contributed by atoms with E-state index in [1.807, 2.05) is 13.8 Å². The smallest absolute Gasteiger partial charge is 0.0396 e. The summed E-state index contributed by atoms with van der Waals surface area (Å²) >= 11 is 0. The van der Waals surface area contributed by atoms with Crippen LogP contribution in [0.25, 0.3) is 0 Å². The standard InChI is InChI=1S/C15H24N2.C2H6/c1-12-5-6-15(13(2)11-12)17-9-7-14(8-10-17)16(3)4;1-2/h5-6,11,14H,7-10H2,1-4H3;1-2H3. The number of piperidine rings is 1. The van der Waals surface area contributed by atoms with Crippen LogP contribution >= 0.6 is 0 Å². The molecule has 1 aliphatic rings. The Labute approximate surface area is 119 Å². The van der Waals surface area contributed by atoms with E-state index >= 15 is 0 Å². The normalized spacial score (nSPS) is 16.3. The summed E-state index contributed by atoms with van der Waals surface area (Å²) in [4.78, 5) is 4.90. The van der Waals surface area contributed by atoms with E-state index in [-0.39, 0.29) is 0 Å². The van der Waals surface area contributed by atoms with Gasteiger partial charge in [-0.2, -0.15) is 0 Å². The molecule has 1 fully saturated rings. The van der Waals surface area contributed by atoms with E-state index in [4.69, 9.17) is 0 Å². The Bertz CT molecular complexity index is 377. The summed E-state index contributed by atoms with van der Waals surface area (Å²) in [6, 6.07) is 7.55. The first-order chi connectivity index (χ1) is 9.08. The molecule has 2 heteroatoms. The lowest BCUT2D eigenvalue weighted by Gasteiger charge is -2.37. The van der Waals surface area contributed by atoms with E-state index in [2.05, 4.69) is 55.9 Å². The summed E-state index contributed by atoms with van der Waals surface area (Å²) < 4.78 is 0. The highest BCUT2D eigenvalue weighted by atomic mass is 15.2. The molecule has 19 heavy (non-hydrogen) atoms. The van der Waals surface area contributed by atoms with E-state index in [1.165, 1.54) is 42.7 Å². The van der Waals surface area contributed by atoms with Crippen molar-refractivity contribution in [1.29, 1.82) is 0 Å². The predicted molar refractivity (Wildman–Crippen MR) is 86.2 cm³/mol. The number of aryl methyl sites for hydroxylation is 2. The fourth-order valence-corrected chi connectivity index (χ4v) is 2.78. The highest BCUT2D eigenvalue weighted by Gasteiger charge is 2.21. The van der Waals surface area contributed by atoms with E-state index in [9.17, 15) is 0 Å². The molecule has 0 unspecified atom stereocenters. The van der Waals surface area contributed by atoms with Gasteiger partial charge < -0.3 is 9.80 Å². The Morgan fingerprint density at radius 1 is 1.05 bits per heavy atom. The molecule has 108 valence electrons. The van der Waals surface area contributed by atoms with Gasteiger partial charge in [0.25, 0.3) is 0 Å². The van der Waals surface area contributed by atoms with Crippen molar-refractivity contribution in [3.05, 3.63) is 29.3 Å². The van der Waals surface area contributed by atoms with Crippen LogP contribution in [-0.2, 0) is 0 Å². The Morgan fingerprint density at radius 2 is 1.63 bits per heavy atom. The maximum absolute atomic E-state index is 2.54. The van der Waals surface area contributed by atoms with Crippen LogP contribution in [0.2, 0.25) is 0 Å². The van der Waals surface area contributed by atoms with Gasteiger partial charge in [-0.25, -0.2) is 0 Å². The summed E-state index contributed by atoms with van der Waals surface area (Å²) in [6.07, 6.45) is 2.56. The van der Waals surface area contributed by atoms with Gasteiger partial charge >= 0.3 is 0 Å². The minimum absolute atomic E-state index is 0.761. The number of hydrogen-bond acceptors (Lipinski definition) is 2. The molecule has 0 bridgehead atoms. The molecule has 1 aromatic rings. The van der Waals surface area contributed by atoms with Gasteiger partial charge in [0.15, 0.2) is 0 Å². The van der Waals surface area contributed by atoms with Crippen LogP contribution in [0.5, 0.6) is 0 Å². The molecule has 1 saturated heterocycles. The summed E-state index contributed by atoms with van der Waals surface area (Å²) in [5.74, 6) is 0. The number of rotatable bonds is 2. The van der Waals surface area contributed by atoms with Gasteiger partial charge in [0.2, 0.25) is 0 Å². The van der Waals surface area contributed by atoms with Crippen molar-refractivity contribution in [2.45, 2.75) is 46.6 Å². The molecule has 0 aliphatic carbocycles. The quantitative estimate of drug-likeness (QED) is 0.798. The second-order valence-electron chi connectivity index (χ2n) is 5.47. The van der Waals surface area contributed by atoms with Crippen LogP contribution in [0.4, 0.5) is 5.69 Å². The Hall–Kier alpha value is -1.02. The average Bonchev–Trinajstić information content (AvgIpc) is 2.41. The van der Waals surface area contributed by atoms with Crippen LogP contribution in [0.3, 0.4) is 0 Å². The predicted octanol–water partition coefficient (Wildman–Crippen LogP) is 3.86. The fourth-order valence-electron chi connectivity index (χ4n) is 2.78. The third kappa shape index (κ3) is 4.24. The van der Waals surface area contributed by atoms with Gasteiger partial charge in [-0.15, -0.1) is 0 Å². The molecule has 1 aromatic carbocycles. The lowest BCUT2D eigenvalue weighted by molar-refractivity contribution is 0.249. The third-order valence-electron chi connectivity index (χ3n) is 3.89. The number of anilines is 1. The fraction of sp³-hybridized carbons (Fsp3) is 0.647. The highest BCUT2D eigenvalue weighted by Crippen LogP contribution is 2.25.